The van der Waals surface area contributed by atoms with Gasteiger partial charge in [-0.1, -0.05) is 19.9 Å². The highest BCUT2D eigenvalue weighted by Gasteiger charge is 2.27. The van der Waals surface area contributed by atoms with E-state index in [1.54, 1.807) is 0 Å². The van der Waals surface area contributed by atoms with E-state index >= 15 is 0 Å². The van der Waals surface area contributed by atoms with Crippen LogP contribution >= 0.6 is 11.8 Å². The summed E-state index contributed by atoms with van der Waals surface area (Å²) in [6.07, 6.45) is 5.93. The third kappa shape index (κ3) is 4.35. The molecule has 1 aromatic rings. The molecule has 2 aliphatic rings. The van der Waals surface area contributed by atoms with E-state index in [0.717, 1.165) is 29.3 Å². The number of ether oxygens (including phenoxy) is 2. The molecule has 0 saturated heterocycles. The lowest BCUT2D eigenvalue weighted by Crippen LogP contribution is -2.46. The molecule has 3 rings (SSSR count). The predicted molar refractivity (Wildman–Crippen MR) is 105 cm³/mol. The van der Waals surface area contributed by atoms with Gasteiger partial charge in [-0.15, -0.1) is 0 Å². The normalized spacial score (nSPS) is 23.0. The minimum Gasteiger partial charge on any atom is -0.454 e. The van der Waals surface area contributed by atoms with E-state index in [1.807, 2.05) is 24.9 Å². The molecule has 1 aliphatic carbocycles. The average Bonchev–Trinajstić information content (AvgIpc) is 3.26. The molecule has 0 radical (unpaired) electrons. The third-order valence-corrected chi connectivity index (χ3v) is 6.23. The van der Waals surface area contributed by atoms with Crippen LogP contribution < -0.4 is 20.1 Å². The van der Waals surface area contributed by atoms with Crippen LogP contribution in [-0.2, 0) is 5.41 Å². The Hall–Kier alpha value is -1.56. The molecule has 5 nitrogen and oxygen atoms in total. The molecule has 0 bridgehead atoms. The Morgan fingerprint density at radius 3 is 2.80 bits per heavy atom. The van der Waals surface area contributed by atoms with Crippen LogP contribution in [0.1, 0.15) is 38.7 Å². The van der Waals surface area contributed by atoms with Crippen LogP contribution in [0.5, 0.6) is 11.5 Å². The zero-order valence-corrected chi connectivity index (χ0v) is 16.4. The summed E-state index contributed by atoms with van der Waals surface area (Å²) < 4.78 is 10.9. The Kier molecular flexibility index (Phi) is 5.67. The summed E-state index contributed by atoms with van der Waals surface area (Å²) in [5, 5.41) is 7.85. The van der Waals surface area contributed by atoms with E-state index in [2.05, 4.69) is 47.9 Å². The monoisotopic (exact) mass is 363 g/mol. The van der Waals surface area contributed by atoms with Crippen molar-refractivity contribution in [1.29, 1.82) is 0 Å². The average molecular weight is 364 g/mol. The van der Waals surface area contributed by atoms with Crippen molar-refractivity contribution in [2.24, 2.45) is 4.99 Å². The predicted octanol–water partition coefficient (Wildman–Crippen LogP) is 3.14. The highest BCUT2D eigenvalue weighted by Crippen LogP contribution is 2.36. The highest BCUT2D eigenvalue weighted by atomic mass is 32.2. The van der Waals surface area contributed by atoms with E-state index in [4.69, 9.17) is 9.47 Å². The van der Waals surface area contributed by atoms with Gasteiger partial charge in [0.05, 0.1) is 0 Å². The van der Waals surface area contributed by atoms with Crippen molar-refractivity contribution in [1.82, 2.24) is 10.6 Å². The second kappa shape index (κ2) is 7.77. The third-order valence-electron chi connectivity index (χ3n) is 5.13. The summed E-state index contributed by atoms with van der Waals surface area (Å²) in [5.41, 5.74) is 1.18. The first-order valence-corrected chi connectivity index (χ1v) is 10.2. The van der Waals surface area contributed by atoms with Crippen LogP contribution in [0.3, 0.4) is 0 Å². The van der Waals surface area contributed by atoms with Crippen LogP contribution in [0.4, 0.5) is 0 Å². The number of guanidine groups is 1. The fraction of sp³-hybridized carbons (Fsp3) is 0.632. The summed E-state index contributed by atoms with van der Waals surface area (Å²) in [6, 6.07) is 6.72. The number of nitrogens with one attached hydrogen (secondary N) is 2. The van der Waals surface area contributed by atoms with Gasteiger partial charge in [0.1, 0.15) is 0 Å². The molecule has 0 amide bonds. The van der Waals surface area contributed by atoms with Gasteiger partial charge in [-0.25, -0.2) is 0 Å². The van der Waals surface area contributed by atoms with E-state index in [-0.39, 0.29) is 5.41 Å². The molecule has 1 saturated carbocycles. The minimum absolute atomic E-state index is 0.0456. The Bertz CT molecular complexity index is 633. The van der Waals surface area contributed by atoms with Crippen LogP contribution in [0.25, 0.3) is 0 Å². The largest absolute Gasteiger partial charge is 0.454 e. The highest BCUT2D eigenvalue weighted by molar-refractivity contribution is 7.99. The molecular formula is C19H29N3O2S. The molecule has 1 aliphatic heterocycles. The number of benzene rings is 1. The Morgan fingerprint density at radius 1 is 1.28 bits per heavy atom. The zero-order valence-electron chi connectivity index (χ0n) is 15.6. The van der Waals surface area contributed by atoms with Crippen molar-refractivity contribution in [3.05, 3.63) is 23.8 Å². The van der Waals surface area contributed by atoms with Crippen LogP contribution in [0.15, 0.2) is 23.2 Å². The molecule has 0 spiro atoms. The van der Waals surface area contributed by atoms with Gasteiger partial charge in [0.2, 0.25) is 6.79 Å². The molecule has 6 heteroatoms. The van der Waals surface area contributed by atoms with Gasteiger partial charge in [0.25, 0.3) is 0 Å². The second-order valence-corrected chi connectivity index (χ2v) is 8.53. The van der Waals surface area contributed by atoms with Crippen molar-refractivity contribution in [2.75, 3.05) is 26.6 Å². The number of thioether (sulfide) groups is 1. The van der Waals surface area contributed by atoms with Gasteiger partial charge in [-0.05, 0) is 43.2 Å². The van der Waals surface area contributed by atoms with Crippen molar-refractivity contribution in [3.8, 4) is 11.5 Å². The lowest BCUT2D eigenvalue weighted by molar-refractivity contribution is 0.174. The summed E-state index contributed by atoms with van der Waals surface area (Å²) >= 11 is 1.97. The summed E-state index contributed by atoms with van der Waals surface area (Å²) in [6.45, 7) is 5.56. The second-order valence-electron chi connectivity index (χ2n) is 7.39. The summed E-state index contributed by atoms with van der Waals surface area (Å²) in [5.74, 6) is 2.55. The first-order valence-electron chi connectivity index (χ1n) is 8.92. The molecular weight excluding hydrogens is 334 g/mol. The number of hydrogen-bond donors (Lipinski definition) is 2. The molecule has 2 atom stereocenters. The standard InChI is InChI=1S/C19H29N3O2S/c1-19(2,13-5-8-16-17(9-13)24-12-23-16)11-21-18(20-3)22-14-6-7-15(10-14)25-4/h5,8-9,14-15H,6-7,10-12H2,1-4H3,(H2,20,21,22). The van der Waals surface area contributed by atoms with Crippen LogP contribution in [0, 0.1) is 0 Å². The first kappa shape index (κ1) is 18.2. The maximum Gasteiger partial charge on any atom is 0.231 e. The van der Waals surface area contributed by atoms with Crippen LogP contribution in [0.2, 0.25) is 0 Å². The van der Waals surface area contributed by atoms with Crippen LogP contribution in [-0.4, -0.2) is 43.9 Å². The van der Waals surface area contributed by atoms with Crippen molar-refractivity contribution in [3.63, 3.8) is 0 Å². The molecule has 1 fully saturated rings. The lowest BCUT2D eigenvalue weighted by Gasteiger charge is -2.27. The van der Waals surface area contributed by atoms with E-state index in [0.29, 0.717) is 12.8 Å². The summed E-state index contributed by atoms with van der Waals surface area (Å²) in [7, 11) is 1.84. The van der Waals surface area contributed by atoms with Crippen molar-refractivity contribution < 1.29 is 9.47 Å². The fourth-order valence-corrected chi connectivity index (χ4v) is 4.19. The number of rotatable bonds is 5. The maximum absolute atomic E-state index is 5.51. The molecule has 2 N–H and O–H groups in total. The number of fused-ring (bicyclic) bond motifs is 1. The maximum atomic E-state index is 5.51. The molecule has 138 valence electrons. The Morgan fingerprint density at radius 2 is 2.08 bits per heavy atom. The number of hydrogen-bond acceptors (Lipinski definition) is 4. The molecule has 25 heavy (non-hydrogen) atoms. The molecule has 0 aromatic heterocycles. The lowest BCUT2D eigenvalue weighted by atomic mass is 9.84. The number of aliphatic imine (C=N–C) groups is 1. The Labute approximate surface area is 155 Å². The van der Waals surface area contributed by atoms with Gasteiger partial charge in [0, 0.05) is 30.3 Å². The van der Waals surface area contributed by atoms with Gasteiger partial charge in [-0.3, -0.25) is 4.99 Å². The topological polar surface area (TPSA) is 54.9 Å². The SMILES string of the molecule is CN=C(NCC(C)(C)c1ccc2c(c1)OCO2)NC1CCC(SC)C1. The van der Waals surface area contributed by atoms with Gasteiger partial charge in [0.15, 0.2) is 17.5 Å². The Balaban J connectivity index is 1.57. The van der Waals surface area contributed by atoms with Gasteiger partial charge < -0.3 is 20.1 Å². The van der Waals surface area contributed by atoms with E-state index in [1.165, 1.54) is 24.8 Å². The number of nitrogens with zero attached hydrogens (tertiary/aromatic N) is 1. The zero-order chi connectivity index (χ0) is 17.9. The summed E-state index contributed by atoms with van der Waals surface area (Å²) in [4.78, 5) is 4.40. The van der Waals surface area contributed by atoms with Gasteiger partial charge >= 0.3 is 0 Å². The van der Waals surface area contributed by atoms with Gasteiger partial charge in [-0.2, -0.15) is 11.8 Å². The minimum atomic E-state index is -0.0456. The molecule has 1 aromatic carbocycles. The van der Waals surface area contributed by atoms with Crippen molar-refractivity contribution in [2.45, 2.75) is 49.8 Å². The smallest absolute Gasteiger partial charge is 0.231 e. The molecule has 2 unspecified atom stereocenters. The molecule has 1 heterocycles. The first-order chi connectivity index (χ1) is 12.0. The quantitative estimate of drug-likeness (QED) is 0.622. The van der Waals surface area contributed by atoms with Crippen molar-refractivity contribution >= 4 is 17.7 Å². The van der Waals surface area contributed by atoms with E-state index in [9.17, 15) is 0 Å². The van der Waals surface area contributed by atoms with E-state index < -0.39 is 0 Å². The fourth-order valence-electron chi connectivity index (χ4n) is 3.40.